The molecule has 0 aliphatic rings. The van der Waals surface area contributed by atoms with Gasteiger partial charge in [0.2, 0.25) is 0 Å². The number of carbonyl (C=O) groups is 1. The van der Waals surface area contributed by atoms with Gasteiger partial charge in [0.25, 0.3) is 0 Å². The standard InChI is InChI=1S/C22H34O5/c1-2-3-4-5-6-7-9-14-19(23)15-12-13-17-21(25)20(24)16-10-8-11-18-22(26)27/h3-4,6-7,9,12-15,17,19-21,23-25H,2,5,8,10-11,16,18H2,1H3,(H,26,27)/b4-3-,7-6-,14-9+,15-12+,17-13+. The van der Waals surface area contributed by atoms with Gasteiger partial charge in [-0.25, -0.2) is 0 Å². The Morgan fingerprint density at radius 3 is 2.19 bits per heavy atom. The molecule has 27 heavy (non-hydrogen) atoms. The lowest BCUT2D eigenvalue weighted by molar-refractivity contribution is -0.137. The van der Waals surface area contributed by atoms with Crippen molar-refractivity contribution in [2.75, 3.05) is 0 Å². The van der Waals surface area contributed by atoms with E-state index in [0.717, 1.165) is 12.8 Å². The second-order valence-electron chi connectivity index (χ2n) is 6.24. The van der Waals surface area contributed by atoms with E-state index in [2.05, 4.69) is 19.1 Å². The average Bonchev–Trinajstić information content (AvgIpc) is 2.63. The molecule has 0 saturated carbocycles. The first-order valence-corrected chi connectivity index (χ1v) is 9.56. The summed E-state index contributed by atoms with van der Waals surface area (Å²) in [7, 11) is 0. The Balaban J connectivity index is 4.01. The van der Waals surface area contributed by atoms with E-state index in [9.17, 15) is 20.1 Å². The summed E-state index contributed by atoms with van der Waals surface area (Å²) < 4.78 is 0. The highest BCUT2D eigenvalue weighted by Gasteiger charge is 2.12. The number of unbranched alkanes of at least 4 members (excludes halogenated alkanes) is 2. The zero-order valence-corrected chi connectivity index (χ0v) is 16.2. The van der Waals surface area contributed by atoms with Crippen molar-refractivity contribution in [2.24, 2.45) is 0 Å². The van der Waals surface area contributed by atoms with Crippen LogP contribution in [0.1, 0.15) is 51.9 Å². The number of rotatable bonds is 15. The lowest BCUT2D eigenvalue weighted by atomic mass is 10.0. The molecule has 0 amide bonds. The van der Waals surface area contributed by atoms with Gasteiger partial charge in [0.15, 0.2) is 0 Å². The number of allylic oxidation sites excluding steroid dienone is 7. The smallest absolute Gasteiger partial charge is 0.303 e. The van der Waals surface area contributed by atoms with Crippen molar-refractivity contribution in [1.82, 2.24) is 0 Å². The Hall–Kier alpha value is -1.95. The number of aliphatic carboxylic acids is 1. The fourth-order valence-corrected chi connectivity index (χ4v) is 2.20. The Morgan fingerprint density at radius 1 is 0.852 bits per heavy atom. The van der Waals surface area contributed by atoms with Crippen LogP contribution in [0.15, 0.2) is 60.8 Å². The topological polar surface area (TPSA) is 98.0 Å². The molecule has 0 aromatic carbocycles. The van der Waals surface area contributed by atoms with Crippen molar-refractivity contribution in [3.8, 4) is 0 Å². The molecule has 0 rings (SSSR count). The second kappa shape index (κ2) is 17.5. The Bertz CT molecular complexity index is 517. The van der Waals surface area contributed by atoms with Gasteiger partial charge in [0.1, 0.15) is 0 Å². The quantitative estimate of drug-likeness (QED) is 0.198. The van der Waals surface area contributed by atoms with Gasteiger partial charge in [0.05, 0.1) is 18.3 Å². The number of aliphatic hydroxyl groups is 3. The third-order valence-electron chi connectivity index (χ3n) is 3.74. The number of carboxylic acids is 1. The lowest BCUT2D eigenvalue weighted by Gasteiger charge is -2.13. The Morgan fingerprint density at radius 2 is 1.52 bits per heavy atom. The number of hydrogen-bond donors (Lipinski definition) is 4. The molecule has 0 saturated heterocycles. The van der Waals surface area contributed by atoms with Crippen LogP contribution in [0, 0.1) is 0 Å². The van der Waals surface area contributed by atoms with E-state index < -0.39 is 24.3 Å². The second-order valence-corrected chi connectivity index (χ2v) is 6.24. The molecule has 0 aromatic heterocycles. The van der Waals surface area contributed by atoms with Crippen LogP contribution in [0.25, 0.3) is 0 Å². The van der Waals surface area contributed by atoms with E-state index >= 15 is 0 Å². The predicted octanol–water partition coefficient (Wildman–Crippen LogP) is 3.69. The van der Waals surface area contributed by atoms with Gasteiger partial charge >= 0.3 is 5.97 Å². The number of carboxylic acid groups (broad SMARTS) is 1. The van der Waals surface area contributed by atoms with Gasteiger partial charge in [-0.15, -0.1) is 0 Å². The number of hydrogen-bond acceptors (Lipinski definition) is 4. The molecular weight excluding hydrogens is 344 g/mol. The van der Waals surface area contributed by atoms with Crippen molar-refractivity contribution in [2.45, 2.75) is 70.2 Å². The first kappa shape index (κ1) is 25.1. The van der Waals surface area contributed by atoms with E-state index in [0.29, 0.717) is 25.7 Å². The molecule has 0 heterocycles. The Kier molecular flexibility index (Phi) is 16.2. The minimum absolute atomic E-state index is 0.131. The average molecular weight is 379 g/mol. The van der Waals surface area contributed by atoms with Gasteiger partial charge < -0.3 is 20.4 Å². The molecule has 152 valence electrons. The summed E-state index contributed by atoms with van der Waals surface area (Å²) in [4.78, 5) is 10.4. The van der Waals surface area contributed by atoms with Crippen LogP contribution >= 0.6 is 0 Å². The minimum Gasteiger partial charge on any atom is -0.481 e. The van der Waals surface area contributed by atoms with Crippen LogP contribution in [0.5, 0.6) is 0 Å². The van der Waals surface area contributed by atoms with E-state index in [1.807, 2.05) is 12.2 Å². The minimum atomic E-state index is -0.985. The molecule has 4 N–H and O–H groups in total. The van der Waals surface area contributed by atoms with Gasteiger partial charge in [-0.1, -0.05) is 80.5 Å². The van der Waals surface area contributed by atoms with Crippen molar-refractivity contribution in [3.63, 3.8) is 0 Å². The van der Waals surface area contributed by atoms with Crippen LogP contribution in [-0.2, 0) is 4.79 Å². The molecule has 3 atom stereocenters. The SMILES string of the molecule is CC/C=C\C/C=C\C=C\C(O)/C=C/C=C/C(O)C(O)CCCCCC(=O)O. The first-order chi connectivity index (χ1) is 13.0. The molecule has 0 aliphatic carbocycles. The summed E-state index contributed by atoms with van der Waals surface area (Å²) >= 11 is 0. The van der Waals surface area contributed by atoms with E-state index in [4.69, 9.17) is 5.11 Å². The van der Waals surface area contributed by atoms with Crippen molar-refractivity contribution >= 4 is 5.97 Å². The first-order valence-electron chi connectivity index (χ1n) is 9.56. The van der Waals surface area contributed by atoms with Crippen molar-refractivity contribution < 1.29 is 25.2 Å². The molecule has 3 unspecified atom stereocenters. The monoisotopic (exact) mass is 378 g/mol. The molecular formula is C22H34O5. The largest absolute Gasteiger partial charge is 0.481 e. The maximum Gasteiger partial charge on any atom is 0.303 e. The molecule has 0 radical (unpaired) electrons. The highest BCUT2D eigenvalue weighted by atomic mass is 16.4. The fraction of sp³-hybridized carbons (Fsp3) is 0.500. The summed E-state index contributed by atoms with van der Waals surface area (Å²) in [5.41, 5.74) is 0. The summed E-state index contributed by atoms with van der Waals surface area (Å²) in [6.45, 7) is 2.09. The van der Waals surface area contributed by atoms with Gasteiger partial charge in [-0.05, 0) is 25.7 Å². The maximum absolute atomic E-state index is 10.4. The number of aliphatic hydroxyl groups excluding tert-OH is 3. The van der Waals surface area contributed by atoms with Crippen molar-refractivity contribution in [1.29, 1.82) is 0 Å². The van der Waals surface area contributed by atoms with E-state index in [-0.39, 0.29) is 6.42 Å². The Labute approximate surface area is 162 Å². The lowest BCUT2D eigenvalue weighted by Crippen LogP contribution is -2.23. The summed E-state index contributed by atoms with van der Waals surface area (Å²) in [6, 6.07) is 0. The predicted molar refractivity (Wildman–Crippen MR) is 109 cm³/mol. The fourth-order valence-electron chi connectivity index (χ4n) is 2.20. The third kappa shape index (κ3) is 17.2. The normalized spacial score (nSPS) is 16.3. The molecule has 0 bridgehead atoms. The van der Waals surface area contributed by atoms with Gasteiger partial charge in [0, 0.05) is 6.42 Å². The zero-order valence-electron chi connectivity index (χ0n) is 16.2. The van der Waals surface area contributed by atoms with Crippen LogP contribution in [0.2, 0.25) is 0 Å². The van der Waals surface area contributed by atoms with Crippen molar-refractivity contribution in [3.05, 3.63) is 60.8 Å². The molecule has 5 nitrogen and oxygen atoms in total. The summed E-state index contributed by atoms with van der Waals surface area (Å²) in [6.07, 6.45) is 19.5. The molecule has 0 fully saturated rings. The van der Waals surface area contributed by atoms with E-state index in [1.54, 1.807) is 30.4 Å². The summed E-state index contributed by atoms with van der Waals surface area (Å²) in [5.74, 6) is -0.817. The third-order valence-corrected chi connectivity index (χ3v) is 3.74. The van der Waals surface area contributed by atoms with Gasteiger partial charge in [-0.3, -0.25) is 4.79 Å². The van der Waals surface area contributed by atoms with Crippen LogP contribution in [0.3, 0.4) is 0 Å². The molecule has 0 spiro atoms. The molecule has 0 aliphatic heterocycles. The van der Waals surface area contributed by atoms with E-state index in [1.165, 1.54) is 6.08 Å². The van der Waals surface area contributed by atoms with Crippen LogP contribution in [0.4, 0.5) is 0 Å². The molecule has 0 aromatic rings. The van der Waals surface area contributed by atoms with Crippen LogP contribution in [-0.4, -0.2) is 44.7 Å². The van der Waals surface area contributed by atoms with Crippen LogP contribution < -0.4 is 0 Å². The summed E-state index contributed by atoms with van der Waals surface area (Å²) in [5, 5.41) is 38.0. The zero-order chi connectivity index (χ0) is 20.3. The maximum atomic E-state index is 10.4. The molecule has 5 heteroatoms. The van der Waals surface area contributed by atoms with Gasteiger partial charge in [-0.2, -0.15) is 0 Å². The highest BCUT2D eigenvalue weighted by molar-refractivity contribution is 5.66. The highest BCUT2D eigenvalue weighted by Crippen LogP contribution is 2.09.